The molecular formula is C17H23N5O. The molecule has 1 aromatic heterocycles. The lowest BCUT2D eigenvalue weighted by Crippen LogP contribution is -2.39. The van der Waals surface area contributed by atoms with Crippen LogP contribution < -0.4 is 0 Å². The molecule has 1 N–H and O–H groups in total. The van der Waals surface area contributed by atoms with Gasteiger partial charge in [-0.3, -0.25) is 4.79 Å². The molecule has 6 heteroatoms. The van der Waals surface area contributed by atoms with Crippen molar-refractivity contribution in [1.82, 2.24) is 25.5 Å². The number of aromatic amines is 1. The van der Waals surface area contributed by atoms with Crippen LogP contribution in [0.2, 0.25) is 0 Å². The van der Waals surface area contributed by atoms with Crippen LogP contribution in [0.4, 0.5) is 0 Å². The first-order valence-electron chi connectivity index (χ1n) is 8.25. The van der Waals surface area contributed by atoms with Gasteiger partial charge in [0.1, 0.15) is 0 Å². The molecular weight excluding hydrogens is 290 g/mol. The molecule has 2 aromatic rings. The Morgan fingerprint density at radius 2 is 2.22 bits per heavy atom. The molecule has 6 nitrogen and oxygen atoms in total. The summed E-state index contributed by atoms with van der Waals surface area (Å²) in [6, 6.07) is 8.05. The number of carbonyl (C=O) groups is 1. The van der Waals surface area contributed by atoms with Crippen molar-refractivity contribution in [3.05, 3.63) is 41.2 Å². The monoisotopic (exact) mass is 313 g/mol. The van der Waals surface area contributed by atoms with Gasteiger partial charge in [-0.2, -0.15) is 5.21 Å². The van der Waals surface area contributed by atoms with Crippen LogP contribution in [0, 0.1) is 5.92 Å². The van der Waals surface area contributed by atoms with E-state index >= 15 is 0 Å². The maximum Gasteiger partial charge on any atom is 0.254 e. The Balaban J connectivity index is 1.78. The second-order valence-corrected chi connectivity index (χ2v) is 6.55. The number of nitrogens with one attached hydrogen (secondary N) is 1. The van der Waals surface area contributed by atoms with Gasteiger partial charge in [-0.25, -0.2) is 0 Å². The zero-order valence-electron chi connectivity index (χ0n) is 13.7. The fourth-order valence-corrected chi connectivity index (χ4v) is 3.23. The lowest BCUT2D eigenvalue weighted by Gasteiger charge is -2.29. The summed E-state index contributed by atoms with van der Waals surface area (Å²) in [5, 5.41) is 14.0. The van der Waals surface area contributed by atoms with Crippen molar-refractivity contribution in [2.75, 3.05) is 6.54 Å². The summed E-state index contributed by atoms with van der Waals surface area (Å²) < 4.78 is 0. The van der Waals surface area contributed by atoms with E-state index in [-0.39, 0.29) is 5.91 Å². The van der Waals surface area contributed by atoms with Crippen LogP contribution in [-0.4, -0.2) is 44.0 Å². The van der Waals surface area contributed by atoms with Gasteiger partial charge in [0.2, 0.25) is 0 Å². The number of likely N-dealkylation sites (tertiary alicyclic amines) is 1. The van der Waals surface area contributed by atoms with Gasteiger partial charge >= 0.3 is 0 Å². The summed E-state index contributed by atoms with van der Waals surface area (Å²) in [5.41, 5.74) is 1.76. The Morgan fingerprint density at radius 1 is 1.35 bits per heavy atom. The Bertz CT molecular complexity index is 655. The Kier molecular flexibility index (Phi) is 4.69. The predicted octanol–water partition coefficient (Wildman–Crippen LogP) is 2.44. The smallest absolute Gasteiger partial charge is 0.254 e. The molecule has 2 unspecified atom stereocenters. The molecule has 1 fully saturated rings. The first-order valence-corrected chi connectivity index (χ1v) is 8.25. The van der Waals surface area contributed by atoms with Crippen molar-refractivity contribution in [3.63, 3.8) is 0 Å². The molecule has 0 aliphatic carbocycles. The van der Waals surface area contributed by atoms with E-state index in [9.17, 15) is 4.79 Å². The third-order valence-corrected chi connectivity index (χ3v) is 4.55. The van der Waals surface area contributed by atoms with Crippen molar-refractivity contribution in [2.45, 2.75) is 45.6 Å². The minimum absolute atomic E-state index is 0.126. The van der Waals surface area contributed by atoms with Crippen LogP contribution in [0.5, 0.6) is 0 Å². The summed E-state index contributed by atoms with van der Waals surface area (Å²) in [4.78, 5) is 15.0. The molecule has 2 heterocycles. The highest BCUT2D eigenvalue weighted by molar-refractivity contribution is 5.94. The van der Waals surface area contributed by atoms with Gasteiger partial charge in [-0.05, 0) is 43.4 Å². The van der Waals surface area contributed by atoms with Gasteiger partial charge in [0, 0.05) is 24.6 Å². The molecule has 0 spiro atoms. The summed E-state index contributed by atoms with van der Waals surface area (Å²) in [6.45, 7) is 5.22. The number of benzene rings is 1. The highest BCUT2D eigenvalue weighted by Crippen LogP contribution is 2.23. The Morgan fingerprint density at radius 3 is 3.00 bits per heavy atom. The first kappa shape index (κ1) is 15.6. The van der Waals surface area contributed by atoms with Crippen molar-refractivity contribution in [1.29, 1.82) is 0 Å². The van der Waals surface area contributed by atoms with Gasteiger partial charge in [-0.15, -0.1) is 10.2 Å². The van der Waals surface area contributed by atoms with E-state index in [1.54, 1.807) is 0 Å². The molecule has 23 heavy (non-hydrogen) atoms. The predicted molar refractivity (Wildman–Crippen MR) is 86.9 cm³/mol. The SMILES string of the molecule is CC1CCCC(C)N(C(=O)c2cccc(Cc3nn[nH]n3)c2)C1. The lowest BCUT2D eigenvalue weighted by atomic mass is 10.1. The van der Waals surface area contributed by atoms with Crippen molar-refractivity contribution >= 4 is 5.91 Å². The van der Waals surface area contributed by atoms with Crippen LogP contribution >= 0.6 is 0 Å². The van der Waals surface area contributed by atoms with E-state index in [2.05, 4.69) is 34.5 Å². The van der Waals surface area contributed by atoms with Crippen LogP contribution in [-0.2, 0) is 6.42 Å². The standard InChI is InChI=1S/C17H23N5O/c1-12-5-3-6-13(2)22(11-12)17(23)15-8-4-7-14(9-15)10-16-18-20-21-19-16/h4,7-9,12-13H,3,5-6,10-11H2,1-2H3,(H,18,19,20,21). The Hall–Kier alpha value is -2.24. The third kappa shape index (κ3) is 3.75. The maximum atomic E-state index is 12.9. The fourth-order valence-electron chi connectivity index (χ4n) is 3.23. The zero-order valence-corrected chi connectivity index (χ0v) is 13.7. The molecule has 1 aliphatic rings. The number of H-pyrrole nitrogens is 1. The van der Waals surface area contributed by atoms with E-state index in [0.29, 0.717) is 24.2 Å². The topological polar surface area (TPSA) is 74.8 Å². The van der Waals surface area contributed by atoms with E-state index < -0.39 is 0 Å². The molecule has 2 atom stereocenters. The number of aromatic nitrogens is 4. The van der Waals surface area contributed by atoms with Gasteiger partial charge in [0.25, 0.3) is 5.91 Å². The largest absolute Gasteiger partial charge is 0.336 e. The highest BCUT2D eigenvalue weighted by Gasteiger charge is 2.26. The number of rotatable bonds is 3. The number of tetrazole rings is 1. The number of carbonyl (C=O) groups excluding carboxylic acids is 1. The fraction of sp³-hybridized carbons (Fsp3) is 0.529. The van der Waals surface area contributed by atoms with Crippen molar-refractivity contribution in [3.8, 4) is 0 Å². The zero-order chi connectivity index (χ0) is 16.2. The average Bonchev–Trinajstić information content (AvgIpc) is 2.98. The molecule has 3 rings (SSSR count). The molecule has 122 valence electrons. The number of nitrogens with zero attached hydrogens (tertiary/aromatic N) is 4. The van der Waals surface area contributed by atoms with Crippen LogP contribution in [0.3, 0.4) is 0 Å². The first-order chi connectivity index (χ1) is 11.1. The maximum absolute atomic E-state index is 12.9. The van der Waals surface area contributed by atoms with Gasteiger partial charge in [-0.1, -0.05) is 30.7 Å². The number of hydrogen-bond donors (Lipinski definition) is 1. The Labute approximate surface area is 136 Å². The van der Waals surface area contributed by atoms with E-state index in [0.717, 1.165) is 24.1 Å². The molecule has 0 bridgehead atoms. The minimum Gasteiger partial charge on any atom is -0.336 e. The second-order valence-electron chi connectivity index (χ2n) is 6.55. The summed E-state index contributed by atoms with van der Waals surface area (Å²) in [5.74, 6) is 1.32. The van der Waals surface area contributed by atoms with Crippen LogP contribution in [0.15, 0.2) is 24.3 Å². The molecule has 0 radical (unpaired) electrons. The normalized spacial score (nSPS) is 21.9. The average molecular weight is 313 g/mol. The second kappa shape index (κ2) is 6.89. The third-order valence-electron chi connectivity index (χ3n) is 4.55. The van der Waals surface area contributed by atoms with E-state index in [1.807, 2.05) is 29.2 Å². The van der Waals surface area contributed by atoms with E-state index in [4.69, 9.17) is 0 Å². The van der Waals surface area contributed by atoms with Gasteiger partial charge < -0.3 is 4.90 Å². The summed E-state index contributed by atoms with van der Waals surface area (Å²) in [7, 11) is 0. The minimum atomic E-state index is 0.126. The summed E-state index contributed by atoms with van der Waals surface area (Å²) >= 11 is 0. The quantitative estimate of drug-likeness (QED) is 0.944. The van der Waals surface area contributed by atoms with Crippen molar-refractivity contribution in [2.24, 2.45) is 5.92 Å². The van der Waals surface area contributed by atoms with Gasteiger partial charge in [0.05, 0.1) is 0 Å². The number of hydrogen-bond acceptors (Lipinski definition) is 4. The lowest BCUT2D eigenvalue weighted by molar-refractivity contribution is 0.0677. The van der Waals surface area contributed by atoms with E-state index in [1.165, 1.54) is 12.8 Å². The number of amides is 1. The van der Waals surface area contributed by atoms with Crippen LogP contribution in [0.25, 0.3) is 0 Å². The van der Waals surface area contributed by atoms with Crippen LogP contribution in [0.1, 0.15) is 54.9 Å². The molecule has 1 saturated heterocycles. The molecule has 1 aliphatic heterocycles. The van der Waals surface area contributed by atoms with Gasteiger partial charge in [0.15, 0.2) is 5.82 Å². The molecule has 0 saturated carbocycles. The van der Waals surface area contributed by atoms with Crippen molar-refractivity contribution < 1.29 is 4.79 Å². The highest BCUT2D eigenvalue weighted by atomic mass is 16.2. The molecule has 1 aromatic carbocycles. The summed E-state index contributed by atoms with van der Waals surface area (Å²) in [6.07, 6.45) is 4.05. The molecule has 1 amide bonds.